The van der Waals surface area contributed by atoms with Crippen LogP contribution in [0, 0.1) is 0 Å². The van der Waals surface area contributed by atoms with E-state index in [1.807, 2.05) is 0 Å². The summed E-state index contributed by atoms with van der Waals surface area (Å²) in [5.74, 6) is 1.65. The first-order valence-electron chi connectivity index (χ1n) is 9.78. The molecule has 2 aromatic heterocycles. The van der Waals surface area contributed by atoms with Gasteiger partial charge in [0, 0.05) is 50.9 Å². The van der Waals surface area contributed by atoms with E-state index in [2.05, 4.69) is 38.4 Å². The molecule has 0 bridgehead atoms. The van der Waals surface area contributed by atoms with E-state index in [0.717, 1.165) is 31.9 Å². The third-order valence-electron chi connectivity index (χ3n) is 5.53. The molecule has 5 rings (SSSR count). The van der Waals surface area contributed by atoms with Crippen LogP contribution in [0.2, 0.25) is 0 Å². The van der Waals surface area contributed by atoms with Crippen molar-refractivity contribution in [2.24, 2.45) is 7.05 Å². The van der Waals surface area contributed by atoms with Crippen LogP contribution in [0.1, 0.15) is 17.2 Å². The molecule has 1 aromatic carbocycles. The van der Waals surface area contributed by atoms with Crippen molar-refractivity contribution in [2.75, 3.05) is 31.1 Å². The number of anilines is 1. The normalized spacial score (nSPS) is 18.4. The van der Waals surface area contributed by atoms with Gasteiger partial charge in [-0.2, -0.15) is 0 Å². The average Bonchev–Trinajstić information content (AvgIpc) is 3.25. The van der Waals surface area contributed by atoms with Crippen LogP contribution in [0.4, 0.5) is 5.95 Å². The second-order valence-electron chi connectivity index (χ2n) is 7.32. The molecular formula is C21H22N6O2. The van der Waals surface area contributed by atoms with E-state index < -0.39 is 0 Å². The molecule has 1 saturated heterocycles. The second kappa shape index (κ2) is 7.29. The van der Waals surface area contributed by atoms with Gasteiger partial charge < -0.3 is 15.0 Å². The number of aromatic nitrogens is 4. The SMILES string of the molecule is Cn1c(N2CCNC(c3cccc4c3OCC4)C2)nc(-c2ccncn2)cc1=O. The van der Waals surface area contributed by atoms with E-state index >= 15 is 0 Å². The molecular weight excluding hydrogens is 368 g/mol. The topological polar surface area (TPSA) is 85.2 Å². The number of ether oxygens (including phenoxy) is 1. The molecule has 29 heavy (non-hydrogen) atoms. The van der Waals surface area contributed by atoms with Gasteiger partial charge in [-0.25, -0.2) is 15.0 Å². The van der Waals surface area contributed by atoms with Crippen LogP contribution in [0.15, 0.2) is 47.7 Å². The molecule has 0 saturated carbocycles. The summed E-state index contributed by atoms with van der Waals surface area (Å²) < 4.78 is 7.50. The number of rotatable bonds is 3. The number of nitrogens with one attached hydrogen (secondary N) is 1. The lowest BCUT2D eigenvalue weighted by atomic mass is 10.00. The zero-order valence-electron chi connectivity index (χ0n) is 16.2. The highest BCUT2D eigenvalue weighted by Crippen LogP contribution is 2.35. The molecule has 148 valence electrons. The third-order valence-corrected chi connectivity index (χ3v) is 5.53. The Morgan fingerprint density at radius 3 is 3.03 bits per heavy atom. The summed E-state index contributed by atoms with van der Waals surface area (Å²) in [7, 11) is 1.76. The summed E-state index contributed by atoms with van der Waals surface area (Å²) in [6.45, 7) is 3.00. The minimum absolute atomic E-state index is 0.108. The van der Waals surface area contributed by atoms with Gasteiger partial charge in [-0.1, -0.05) is 18.2 Å². The van der Waals surface area contributed by atoms with Crippen molar-refractivity contribution in [3.8, 4) is 17.1 Å². The molecule has 0 aliphatic carbocycles. The predicted octanol–water partition coefficient (Wildman–Crippen LogP) is 1.32. The van der Waals surface area contributed by atoms with Gasteiger partial charge >= 0.3 is 0 Å². The zero-order valence-corrected chi connectivity index (χ0v) is 16.2. The predicted molar refractivity (Wildman–Crippen MR) is 109 cm³/mol. The Kier molecular flexibility index (Phi) is 4.48. The molecule has 0 amide bonds. The fourth-order valence-corrected chi connectivity index (χ4v) is 4.04. The molecule has 1 N–H and O–H groups in total. The molecule has 1 fully saturated rings. The van der Waals surface area contributed by atoms with Crippen molar-refractivity contribution in [3.63, 3.8) is 0 Å². The highest BCUT2D eigenvalue weighted by Gasteiger charge is 2.28. The van der Waals surface area contributed by atoms with Gasteiger partial charge in [0.1, 0.15) is 12.1 Å². The Morgan fingerprint density at radius 1 is 1.24 bits per heavy atom. The van der Waals surface area contributed by atoms with Crippen LogP contribution in [0.3, 0.4) is 0 Å². The van der Waals surface area contributed by atoms with E-state index in [-0.39, 0.29) is 11.6 Å². The number of hydrogen-bond donors (Lipinski definition) is 1. The number of fused-ring (bicyclic) bond motifs is 1. The number of hydrogen-bond acceptors (Lipinski definition) is 7. The third kappa shape index (κ3) is 3.25. The molecule has 2 aliphatic rings. The van der Waals surface area contributed by atoms with Gasteiger partial charge in [-0.05, 0) is 11.6 Å². The van der Waals surface area contributed by atoms with Crippen LogP contribution < -0.4 is 20.5 Å². The number of nitrogens with zero attached hydrogens (tertiary/aromatic N) is 5. The highest BCUT2D eigenvalue weighted by atomic mass is 16.5. The molecule has 4 heterocycles. The Labute approximate surface area is 168 Å². The maximum absolute atomic E-state index is 12.6. The summed E-state index contributed by atoms with van der Waals surface area (Å²) in [6, 6.07) is 9.72. The molecule has 8 heteroatoms. The fourth-order valence-electron chi connectivity index (χ4n) is 4.04. The lowest BCUT2D eigenvalue weighted by Gasteiger charge is -2.35. The summed E-state index contributed by atoms with van der Waals surface area (Å²) >= 11 is 0. The summed E-state index contributed by atoms with van der Waals surface area (Å²) in [6.07, 6.45) is 4.07. The second-order valence-corrected chi connectivity index (χ2v) is 7.32. The van der Waals surface area contributed by atoms with E-state index in [9.17, 15) is 4.79 Å². The molecule has 1 unspecified atom stereocenters. The molecule has 3 aromatic rings. The molecule has 0 radical (unpaired) electrons. The van der Waals surface area contributed by atoms with E-state index in [1.54, 1.807) is 23.9 Å². The maximum Gasteiger partial charge on any atom is 0.255 e. The first kappa shape index (κ1) is 17.8. The van der Waals surface area contributed by atoms with E-state index in [0.29, 0.717) is 23.9 Å². The van der Waals surface area contributed by atoms with E-state index in [4.69, 9.17) is 9.72 Å². The first-order chi connectivity index (χ1) is 14.2. The average molecular weight is 390 g/mol. The van der Waals surface area contributed by atoms with Gasteiger partial charge in [0.15, 0.2) is 0 Å². The van der Waals surface area contributed by atoms with Crippen molar-refractivity contribution in [1.29, 1.82) is 0 Å². The summed E-state index contributed by atoms with van der Waals surface area (Å²) in [4.78, 5) is 27.7. The molecule has 8 nitrogen and oxygen atoms in total. The van der Waals surface area contributed by atoms with Crippen LogP contribution in [-0.4, -0.2) is 45.8 Å². The Hall–Kier alpha value is -3.26. The monoisotopic (exact) mass is 390 g/mol. The summed E-state index contributed by atoms with van der Waals surface area (Å²) in [5.41, 5.74) is 3.52. The van der Waals surface area contributed by atoms with Crippen molar-refractivity contribution in [1.82, 2.24) is 24.8 Å². The fraction of sp³-hybridized carbons (Fsp3) is 0.333. The van der Waals surface area contributed by atoms with Gasteiger partial charge in [0.05, 0.1) is 24.0 Å². The lowest BCUT2D eigenvalue weighted by Crippen LogP contribution is -2.47. The van der Waals surface area contributed by atoms with Crippen LogP contribution in [0.25, 0.3) is 11.4 Å². The quantitative estimate of drug-likeness (QED) is 0.722. The van der Waals surface area contributed by atoms with Gasteiger partial charge in [-0.3, -0.25) is 9.36 Å². The summed E-state index contributed by atoms with van der Waals surface area (Å²) in [5, 5.41) is 3.59. The lowest BCUT2D eigenvalue weighted by molar-refractivity contribution is 0.345. The van der Waals surface area contributed by atoms with Crippen LogP contribution in [-0.2, 0) is 13.5 Å². The highest BCUT2D eigenvalue weighted by molar-refractivity contribution is 5.55. The van der Waals surface area contributed by atoms with Crippen molar-refractivity contribution >= 4 is 5.95 Å². The molecule has 0 spiro atoms. The maximum atomic E-state index is 12.6. The number of benzene rings is 1. The minimum Gasteiger partial charge on any atom is -0.493 e. The standard InChI is InChI=1S/C21H22N6O2/c1-26-19(28)11-17(16-5-7-22-13-24-16)25-21(26)27-9-8-23-18(12-27)15-4-2-3-14-6-10-29-20(14)15/h2-5,7,11,13,18,23H,6,8-10,12H2,1H3. The van der Waals surface area contributed by atoms with Crippen molar-refractivity contribution in [2.45, 2.75) is 12.5 Å². The molecule has 2 aliphatic heterocycles. The van der Waals surface area contributed by atoms with Gasteiger partial charge in [0.25, 0.3) is 5.56 Å². The Balaban J connectivity index is 1.49. The Morgan fingerprint density at radius 2 is 2.17 bits per heavy atom. The van der Waals surface area contributed by atoms with Gasteiger partial charge in [0.2, 0.25) is 5.95 Å². The van der Waals surface area contributed by atoms with Crippen molar-refractivity contribution in [3.05, 3.63) is 64.3 Å². The number of para-hydroxylation sites is 1. The smallest absolute Gasteiger partial charge is 0.255 e. The number of piperazine rings is 1. The van der Waals surface area contributed by atoms with Gasteiger partial charge in [-0.15, -0.1) is 0 Å². The van der Waals surface area contributed by atoms with Crippen LogP contribution in [0.5, 0.6) is 5.75 Å². The minimum atomic E-state index is -0.109. The van der Waals surface area contributed by atoms with Crippen molar-refractivity contribution < 1.29 is 4.74 Å². The van der Waals surface area contributed by atoms with E-state index in [1.165, 1.54) is 23.5 Å². The Bertz CT molecular complexity index is 1100. The zero-order chi connectivity index (χ0) is 19.8. The first-order valence-corrected chi connectivity index (χ1v) is 9.78. The van der Waals surface area contributed by atoms with Crippen LogP contribution >= 0.6 is 0 Å². The largest absolute Gasteiger partial charge is 0.493 e. The molecule has 1 atom stereocenters.